The summed E-state index contributed by atoms with van der Waals surface area (Å²) >= 11 is 5.99. The van der Waals surface area contributed by atoms with E-state index in [2.05, 4.69) is 9.97 Å². The summed E-state index contributed by atoms with van der Waals surface area (Å²) in [5, 5.41) is 0.634. The fourth-order valence-corrected chi connectivity index (χ4v) is 2.70. The predicted octanol–water partition coefficient (Wildman–Crippen LogP) is 5.63. The molecular weight excluding hydrogens is 348 g/mol. The molecule has 0 bridgehead atoms. The van der Waals surface area contributed by atoms with Gasteiger partial charge in [0.15, 0.2) is 5.58 Å². The third-order valence-electron chi connectivity index (χ3n) is 3.79. The molecule has 0 fully saturated rings. The maximum Gasteiger partial charge on any atom is 0.220 e. The van der Waals surface area contributed by atoms with E-state index in [4.69, 9.17) is 20.8 Å². The largest absolute Gasteiger partial charge is 0.487 e. The van der Waals surface area contributed by atoms with E-state index in [9.17, 15) is 0 Å². The number of fused-ring (bicyclic) bond motifs is 1. The highest BCUT2D eigenvalue weighted by atomic mass is 35.5. The van der Waals surface area contributed by atoms with Crippen LogP contribution in [0.15, 0.2) is 71.3 Å². The quantitative estimate of drug-likeness (QED) is 0.462. The standard InChI is InChI=1S/C21H15ClN2O2/c22-16-9-10-20-18(13-16)24-21(26-20)11-8-15-5-1-2-7-19(15)25-14-17-6-3-4-12-23-17/h1-13H,14H2/b11-8+. The van der Waals surface area contributed by atoms with Crippen molar-refractivity contribution >= 4 is 34.9 Å². The van der Waals surface area contributed by atoms with Gasteiger partial charge in [-0.25, -0.2) is 4.98 Å². The smallest absolute Gasteiger partial charge is 0.220 e. The first-order valence-electron chi connectivity index (χ1n) is 8.14. The summed E-state index contributed by atoms with van der Waals surface area (Å²) in [6.45, 7) is 0.410. The molecule has 5 heteroatoms. The Morgan fingerprint density at radius 1 is 1.00 bits per heavy atom. The number of ether oxygens (including phenoxy) is 1. The zero-order chi connectivity index (χ0) is 17.8. The van der Waals surface area contributed by atoms with E-state index in [1.165, 1.54) is 0 Å². The maximum absolute atomic E-state index is 5.99. The predicted molar refractivity (Wildman–Crippen MR) is 103 cm³/mol. The number of benzene rings is 2. The molecule has 4 nitrogen and oxygen atoms in total. The molecule has 0 unspecified atom stereocenters. The van der Waals surface area contributed by atoms with Crippen molar-refractivity contribution in [1.29, 1.82) is 0 Å². The molecule has 0 aliphatic heterocycles. The van der Waals surface area contributed by atoms with Crippen LogP contribution in [-0.2, 0) is 6.61 Å². The Balaban J connectivity index is 1.54. The van der Waals surface area contributed by atoms with Gasteiger partial charge in [0.25, 0.3) is 0 Å². The molecule has 2 aromatic heterocycles. The Kier molecular flexibility index (Phi) is 4.67. The lowest BCUT2D eigenvalue weighted by molar-refractivity contribution is 0.300. The third-order valence-corrected chi connectivity index (χ3v) is 4.03. The van der Waals surface area contributed by atoms with Crippen LogP contribution in [0.25, 0.3) is 23.3 Å². The second-order valence-corrected chi connectivity index (χ2v) is 6.08. The first-order chi connectivity index (χ1) is 12.8. The molecule has 0 amide bonds. The van der Waals surface area contributed by atoms with Gasteiger partial charge in [0.2, 0.25) is 5.89 Å². The summed E-state index contributed by atoms with van der Waals surface area (Å²) in [7, 11) is 0. The fraction of sp³-hybridized carbons (Fsp3) is 0.0476. The van der Waals surface area contributed by atoms with E-state index < -0.39 is 0 Å². The van der Waals surface area contributed by atoms with Crippen LogP contribution < -0.4 is 4.74 Å². The topological polar surface area (TPSA) is 48.2 Å². The first-order valence-corrected chi connectivity index (χ1v) is 8.52. The minimum atomic E-state index is 0.410. The van der Waals surface area contributed by atoms with Crippen molar-refractivity contribution in [2.75, 3.05) is 0 Å². The molecule has 0 saturated carbocycles. The average molecular weight is 363 g/mol. The van der Waals surface area contributed by atoms with Gasteiger partial charge in [-0.15, -0.1) is 0 Å². The summed E-state index contributed by atoms with van der Waals surface area (Å²) in [6.07, 6.45) is 5.49. The molecule has 0 aliphatic rings. The summed E-state index contributed by atoms with van der Waals surface area (Å²) in [5.74, 6) is 1.29. The number of nitrogens with zero attached hydrogens (tertiary/aromatic N) is 2. The minimum Gasteiger partial charge on any atom is -0.487 e. The van der Waals surface area contributed by atoms with Gasteiger partial charge in [-0.1, -0.05) is 35.9 Å². The van der Waals surface area contributed by atoms with Crippen LogP contribution in [0.3, 0.4) is 0 Å². The number of para-hydroxylation sites is 1. The van der Waals surface area contributed by atoms with Gasteiger partial charge in [-0.05, 0) is 42.5 Å². The van der Waals surface area contributed by atoms with Crippen molar-refractivity contribution in [3.8, 4) is 5.75 Å². The Morgan fingerprint density at radius 2 is 1.88 bits per heavy atom. The van der Waals surface area contributed by atoms with Gasteiger partial charge >= 0.3 is 0 Å². The highest BCUT2D eigenvalue weighted by Crippen LogP contribution is 2.24. The zero-order valence-corrected chi connectivity index (χ0v) is 14.6. The number of halogens is 1. The molecule has 0 N–H and O–H groups in total. The average Bonchev–Trinajstić information content (AvgIpc) is 3.08. The molecule has 0 aliphatic carbocycles. The van der Waals surface area contributed by atoms with Gasteiger partial charge in [-0.3, -0.25) is 4.98 Å². The maximum atomic E-state index is 5.99. The van der Waals surface area contributed by atoms with Crippen LogP contribution in [0.5, 0.6) is 5.75 Å². The van der Waals surface area contributed by atoms with E-state index in [-0.39, 0.29) is 0 Å². The molecule has 4 aromatic rings. The molecule has 0 spiro atoms. The van der Waals surface area contributed by atoms with Crippen molar-refractivity contribution in [2.45, 2.75) is 6.61 Å². The number of rotatable bonds is 5. The molecule has 0 radical (unpaired) electrons. The second-order valence-electron chi connectivity index (χ2n) is 5.65. The number of hydrogen-bond acceptors (Lipinski definition) is 4. The van der Waals surface area contributed by atoms with Gasteiger partial charge < -0.3 is 9.15 Å². The second kappa shape index (κ2) is 7.42. The van der Waals surface area contributed by atoms with Crippen molar-refractivity contribution in [3.63, 3.8) is 0 Å². The van der Waals surface area contributed by atoms with Crippen molar-refractivity contribution in [2.24, 2.45) is 0 Å². The van der Waals surface area contributed by atoms with E-state index >= 15 is 0 Å². The SMILES string of the molecule is Clc1ccc2oc(/C=C/c3ccccc3OCc3ccccn3)nc2c1. The highest BCUT2D eigenvalue weighted by molar-refractivity contribution is 6.31. The van der Waals surface area contributed by atoms with Crippen LogP contribution in [0.4, 0.5) is 0 Å². The molecule has 0 saturated heterocycles. The Bertz CT molecular complexity index is 1060. The molecule has 26 heavy (non-hydrogen) atoms. The summed E-state index contributed by atoms with van der Waals surface area (Å²) in [6, 6.07) is 18.9. The van der Waals surface area contributed by atoms with Gasteiger partial charge in [0, 0.05) is 22.9 Å². The normalized spacial score (nSPS) is 11.3. The summed E-state index contributed by atoms with van der Waals surface area (Å²) in [5.41, 5.74) is 3.25. The molecule has 0 atom stereocenters. The van der Waals surface area contributed by atoms with Crippen LogP contribution in [0.1, 0.15) is 17.1 Å². The highest BCUT2D eigenvalue weighted by Gasteiger charge is 2.05. The molecule has 128 valence electrons. The van der Waals surface area contributed by atoms with Gasteiger partial charge in [-0.2, -0.15) is 0 Å². The lowest BCUT2D eigenvalue weighted by Crippen LogP contribution is -1.98. The van der Waals surface area contributed by atoms with Crippen LogP contribution in [-0.4, -0.2) is 9.97 Å². The zero-order valence-electron chi connectivity index (χ0n) is 13.8. The van der Waals surface area contributed by atoms with Crippen molar-refractivity contribution < 1.29 is 9.15 Å². The Hall–Kier alpha value is -3.11. The van der Waals surface area contributed by atoms with Crippen molar-refractivity contribution in [1.82, 2.24) is 9.97 Å². The Morgan fingerprint density at radius 3 is 2.77 bits per heavy atom. The Labute approximate surface area is 155 Å². The molecule has 2 aromatic carbocycles. The van der Waals surface area contributed by atoms with Gasteiger partial charge in [0.1, 0.15) is 17.9 Å². The number of aromatic nitrogens is 2. The van der Waals surface area contributed by atoms with Crippen molar-refractivity contribution in [3.05, 3.63) is 89.0 Å². The fourth-order valence-electron chi connectivity index (χ4n) is 2.54. The van der Waals surface area contributed by atoms with E-state index in [0.717, 1.165) is 22.5 Å². The molecule has 2 heterocycles. The van der Waals surface area contributed by atoms with Crippen LogP contribution in [0, 0.1) is 0 Å². The lowest BCUT2D eigenvalue weighted by Gasteiger charge is -2.08. The third kappa shape index (κ3) is 3.76. The lowest BCUT2D eigenvalue weighted by atomic mass is 10.2. The monoisotopic (exact) mass is 362 g/mol. The van der Waals surface area contributed by atoms with Gasteiger partial charge in [0.05, 0.1) is 5.69 Å². The first kappa shape index (κ1) is 16.4. The number of pyridine rings is 1. The van der Waals surface area contributed by atoms with E-state index in [1.54, 1.807) is 18.3 Å². The van der Waals surface area contributed by atoms with Crippen LogP contribution in [0.2, 0.25) is 5.02 Å². The summed E-state index contributed by atoms with van der Waals surface area (Å²) < 4.78 is 11.6. The molecule has 4 rings (SSSR count). The van der Waals surface area contributed by atoms with E-state index in [1.807, 2.05) is 60.7 Å². The van der Waals surface area contributed by atoms with Crippen LogP contribution >= 0.6 is 11.6 Å². The minimum absolute atomic E-state index is 0.410. The molecular formula is C21H15ClN2O2. The van der Waals surface area contributed by atoms with E-state index in [0.29, 0.717) is 23.1 Å². The number of hydrogen-bond donors (Lipinski definition) is 0. The number of oxazole rings is 1. The summed E-state index contributed by atoms with van der Waals surface area (Å²) in [4.78, 5) is 8.69.